The molecule has 0 radical (unpaired) electrons. The number of ether oxygens (including phenoxy) is 1. The summed E-state index contributed by atoms with van der Waals surface area (Å²) in [6.07, 6.45) is 1.78. The van der Waals surface area contributed by atoms with E-state index in [1.54, 1.807) is 0 Å². The molecule has 3 rings (SSSR count). The van der Waals surface area contributed by atoms with Crippen LogP contribution in [0.25, 0.3) is 0 Å². The summed E-state index contributed by atoms with van der Waals surface area (Å²) >= 11 is 0. The van der Waals surface area contributed by atoms with Crippen LogP contribution in [0.15, 0.2) is 54.6 Å². The van der Waals surface area contributed by atoms with Crippen LogP contribution in [0.1, 0.15) is 30.9 Å². The van der Waals surface area contributed by atoms with E-state index in [-0.39, 0.29) is 5.91 Å². The standard InChI is InChI=1S/C22H28N2O2/c1-17-9-6-7-10-19(17)15-24(16-20-11-8-14-23-20)22(25)18(2)26-21-12-4-3-5-13-21/h3-7,9-10,12-13,18,20,23H,8,11,14-16H2,1-2H3/t18?,20-/m0/s1. The fraction of sp³-hybridized carbons (Fsp3) is 0.409. The Morgan fingerprint density at radius 3 is 2.62 bits per heavy atom. The SMILES string of the molecule is Cc1ccccc1CN(C[C@@H]1CCCN1)C(=O)C(C)Oc1ccccc1. The average Bonchev–Trinajstić information content (AvgIpc) is 3.16. The lowest BCUT2D eigenvalue weighted by Crippen LogP contribution is -2.45. The molecule has 1 amide bonds. The van der Waals surface area contributed by atoms with Gasteiger partial charge in [-0.2, -0.15) is 0 Å². The van der Waals surface area contributed by atoms with E-state index in [0.717, 1.165) is 25.3 Å². The topological polar surface area (TPSA) is 41.6 Å². The van der Waals surface area contributed by atoms with Gasteiger partial charge in [0.05, 0.1) is 0 Å². The Kier molecular flexibility index (Phi) is 6.29. The predicted octanol–water partition coefficient (Wildman–Crippen LogP) is 3.54. The van der Waals surface area contributed by atoms with Crippen molar-refractivity contribution < 1.29 is 9.53 Å². The highest BCUT2D eigenvalue weighted by Gasteiger charge is 2.26. The number of para-hydroxylation sites is 1. The summed E-state index contributed by atoms with van der Waals surface area (Å²) in [5, 5.41) is 3.50. The Morgan fingerprint density at radius 1 is 1.19 bits per heavy atom. The van der Waals surface area contributed by atoms with Crippen LogP contribution in [0.4, 0.5) is 0 Å². The molecule has 138 valence electrons. The lowest BCUT2D eigenvalue weighted by Gasteiger charge is -2.29. The molecule has 1 fully saturated rings. The van der Waals surface area contributed by atoms with Crippen molar-refractivity contribution in [2.45, 2.75) is 45.4 Å². The second-order valence-electron chi connectivity index (χ2n) is 7.01. The van der Waals surface area contributed by atoms with Gasteiger partial charge in [-0.15, -0.1) is 0 Å². The number of carbonyl (C=O) groups excluding carboxylic acids is 1. The molecule has 1 aliphatic rings. The normalized spacial score (nSPS) is 17.7. The van der Waals surface area contributed by atoms with E-state index in [0.29, 0.717) is 12.6 Å². The lowest BCUT2D eigenvalue weighted by atomic mass is 10.1. The first kappa shape index (κ1) is 18.5. The highest BCUT2D eigenvalue weighted by molar-refractivity contribution is 5.81. The van der Waals surface area contributed by atoms with E-state index in [9.17, 15) is 4.79 Å². The maximum absolute atomic E-state index is 13.1. The highest BCUT2D eigenvalue weighted by Crippen LogP contribution is 2.17. The molecule has 2 atom stereocenters. The molecule has 26 heavy (non-hydrogen) atoms. The van der Waals surface area contributed by atoms with E-state index in [2.05, 4.69) is 24.4 Å². The summed E-state index contributed by atoms with van der Waals surface area (Å²) in [6, 6.07) is 18.2. The van der Waals surface area contributed by atoms with Crippen molar-refractivity contribution in [2.24, 2.45) is 0 Å². The van der Waals surface area contributed by atoms with Crippen molar-refractivity contribution in [3.63, 3.8) is 0 Å². The molecule has 0 aromatic heterocycles. The summed E-state index contributed by atoms with van der Waals surface area (Å²) in [4.78, 5) is 15.1. The number of hydrogen-bond acceptors (Lipinski definition) is 3. The molecule has 1 N–H and O–H groups in total. The van der Waals surface area contributed by atoms with Crippen molar-refractivity contribution >= 4 is 5.91 Å². The number of hydrogen-bond donors (Lipinski definition) is 1. The van der Waals surface area contributed by atoms with Gasteiger partial charge in [0.1, 0.15) is 5.75 Å². The minimum atomic E-state index is -0.511. The monoisotopic (exact) mass is 352 g/mol. The molecule has 0 spiro atoms. The average molecular weight is 352 g/mol. The molecule has 1 saturated heterocycles. The first-order valence-electron chi connectivity index (χ1n) is 9.42. The van der Waals surface area contributed by atoms with Gasteiger partial charge in [-0.05, 0) is 56.5 Å². The van der Waals surface area contributed by atoms with Crippen LogP contribution in [-0.4, -0.2) is 36.0 Å². The van der Waals surface area contributed by atoms with Crippen LogP contribution in [0.5, 0.6) is 5.75 Å². The third-order valence-corrected chi connectivity index (χ3v) is 4.94. The lowest BCUT2D eigenvalue weighted by molar-refractivity contribution is -0.139. The van der Waals surface area contributed by atoms with E-state index in [1.165, 1.54) is 17.5 Å². The number of benzene rings is 2. The van der Waals surface area contributed by atoms with Crippen molar-refractivity contribution in [3.05, 3.63) is 65.7 Å². The van der Waals surface area contributed by atoms with Crippen LogP contribution < -0.4 is 10.1 Å². The zero-order valence-corrected chi connectivity index (χ0v) is 15.7. The van der Waals surface area contributed by atoms with Crippen LogP contribution in [0.3, 0.4) is 0 Å². The largest absolute Gasteiger partial charge is 0.481 e. The predicted molar refractivity (Wildman–Crippen MR) is 104 cm³/mol. The second kappa shape index (κ2) is 8.86. The van der Waals surface area contributed by atoms with Gasteiger partial charge in [0.15, 0.2) is 6.10 Å². The Balaban J connectivity index is 1.72. The number of rotatable bonds is 7. The number of nitrogens with zero attached hydrogens (tertiary/aromatic N) is 1. The maximum Gasteiger partial charge on any atom is 0.263 e. The summed E-state index contributed by atoms with van der Waals surface area (Å²) in [6.45, 7) is 6.30. The van der Waals surface area contributed by atoms with Crippen LogP contribution in [0, 0.1) is 6.92 Å². The highest BCUT2D eigenvalue weighted by atomic mass is 16.5. The molecule has 1 aliphatic heterocycles. The number of aryl methyl sites for hydroxylation is 1. The Hall–Kier alpha value is -2.33. The van der Waals surface area contributed by atoms with E-state index in [4.69, 9.17) is 4.74 Å². The fourth-order valence-electron chi connectivity index (χ4n) is 3.41. The maximum atomic E-state index is 13.1. The third kappa shape index (κ3) is 4.85. The Bertz CT molecular complexity index is 711. The first-order chi connectivity index (χ1) is 12.6. The minimum Gasteiger partial charge on any atom is -0.481 e. The van der Waals surface area contributed by atoms with Gasteiger partial charge in [-0.3, -0.25) is 4.79 Å². The molecular weight excluding hydrogens is 324 g/mol. The molecule has 0 bridgehead atoms. The van der Waals surface area contributed by atoms with Gasteiger partial charge in [0.25, 0.3) is 5.91 Å². The van der Waals surface area contributed by atoms with Crippen LogP contribution in [-0.2, 0) is 11.3 Å². The summed E-state index contributed by atoms with van der Waals surface area (Å²) < 4.78 is 5.88. The van der Waals surface area contributed by atoms with Crippen LogP contribution >= 0.6 is 0 Å². The molecule has 1 unspecified atom stereocenters. The summed E-state index contributed by atoms with van der Waals surface area (Å²) in [5.41, 5.74) is 2.40. The molecular formula is C22H28N2O2. The molecule has 0 saturated carbocycles. The van der Waals surface area contributed by atoms with Crippen LogP contribution in [0.2, 0.25) is 0 Å². The van der Waals surface area contributed by atoms with Crippen molar-refractivity contribution in [1.82, 2.24) is 10.2 Å². The summed E-state index contributed by atoms with van der Waals surface area (Å²) in [5.74, 6) is 0.758. The van der Waals surface area contributed by atoms with E-state index in [1.807, 2.05) is 54.3 Å². The second-order valence-corrected chi connectivity index (χ2v) is 7.01. The Labute approximate surface area is 156 Å². The van der Waals surface area contributed by atoms with Gasteiger partial charge >= 0.3 is 0 Å². The molecule has 4 nitrogen and oxygen atoms in total. The molecule has 1 heterocycles. The van der Waals surface area contributed by atoms with Gasteiger partial charge in [0, 0.05) is 19.1 Å². The van der Waals surface area contributed by atoms with Gasteiger partial charge in [-0.1, -0.05) is 42.5 Å². The van der Waals surface area contributed by atoms with Gasteiger partial charge in [-0.25, -0.2) is 0 Å². The number of amides is 1. The first-order valence-corrected chi connectivity index (χ1v) is 9.42. The van der Waals surface area contributed by atoms with Crippen molar-refractivity contribution in [2.75, 3.05) is 13.1 Å². The smallest absolute Gasteiger partial charge is 0.263 e. The molecule has 2 aromatic carbocycles. The Morgan fingerprint density at radius 2 is 1.92 bits per heavy atom. The zero-order chi connectivity index (χ0) is 18.4. The molecule has 0 aliphatic carbocycles. The van der Waals surface area contributed by atoms with Crippen molar-refractivity contribution in [1.29, 1.82) is 0 Å². The number of carbonyl (C=O) groups is 1. The quantitative estimate of drug-likeness (QED) is 0.829. The third-order valence-electron chi connectivity index (χ3n) is 4.94. The van der Waals surface area contributed by atoms with E-state index >= 15 is 0 Å². The minimum absolute atomic E-state index is 0.0332. The van der Waals surface area contributed by atoms with E-state index < -0.39 is 6.10 Å². The van der Waals surface area contributed by atoms with Gasteiger partial charge in [0.2, 0.25) is 0 Å². The summed E-state index contributed by atoms with van der Waals surface area (Å²) in [7, 11) is 0. The molecule has 4 heteroatoms. The number of nitrogens with one attached hydrogen (secondary N) is 1. The molecule has 2 aromatic rings. The fourth-order valence-corrected chi connectivity index (χ4v) is 3.41. The zero-order valence-electron chi connectivity index (χ0n) is 15.7. The van der Waals surface area contributed by atoms with Crippen molar-refractivity contribution in [3.8, 4) is 5.75 Å². The van der Waals surface area contributed by atoms with Gasteiger partial charge < -0.3 is 15.0 Å².